The smallest absolute Gasteiger partial charge is 0.148 e. The van der Waals surface area contributed by atoms with E-state index < -0.39 is 0 Å². The number of rotatable bonds is 3. The standard InChI is InChI=1S/C21H23N3O/c1-15(2)16-3-5-17(6-4-16)18-7-8-19-20(13-18)23-21(14-22-19)24-9-11-25-12-10-24/h3-8,13-15H,9-12H2,1-2H3. The van der Waals surface area contributed by atoms with Gasteiger partial charge in [-0.3, -0.25) is 4.98 Å². The highest BCUT2D eigenvalue weighted by Gasteiger charge is 2.13. The maximum absolute atomic E-state index is 5.42. The van der Waals surface area contributed by atoms with Crippen molar-refractivity contribution >= 4 is 16.9 Å². The van der Waals surface area contributed by atoms with Gasteiger partial charge < -0.3 is 9.64 Å². The van der Waals surface area contributed by atoms with Gasteiger partial charge in [-0.1, -0.05) is 44.2 Å². The molecule has 1 aromatic heterocycles. The zero-order valence-corrected chi connectivity index (χ0v) is 14.8. The van der Waals surface area contributed by atoms with E-state index in [0.717, 1.165) is 43.2 Å². The molecule has 4 heteroatoms. The maximum Gasteiger partial charge on any atom is 0.148 e. The van der Waals surface area contributed by atoms with Gasteiger partial charge in [0.05, 0.1) is 30.4 Å². The molecule has 25 heavy (non-hydrogen) atoms. The van der Waals surface area contributed by atoms with Crippen molar-refractivity contribution in [1.82, 2.24) is 9.97 Å². The van der Waals surface area contributed by atoms with Crippen molar-refractivity contribution in [1.29, 1.82) is 0 Å². The van der Waals surface area contributed by atoms with Gasteiger partial charge in [0.1, 0.15) is 5.82 Å². The van der Waals surface area contributed by atoms with Gasteiger partial charge in [0.25, 0.3) is 0 Å². The van der Waals surface area contributed by atoms with Crippen LogP contribution in [0.15, 0.2) is 48.7 Å². The lowest BCUT2D eigenvalue weighted by Crippen LogP contribution is -2.36. The van der Waals surface area contributed by atoms with Gasteiger partial charge in [0.2, 0.25) is 0 Å². The van der Waals surface area contributed by atoms with E-state index in [9.17, 15) is 0 Å². The zero-order chi connectivity index (χ0) is 17.2. The van der Waals surface area contributed by atoms with Gasteiger partial charge in [-0.15, -0.1) is 0 Å². The number of hydrogen-bond donors (Lipinski definition) is 0. The quantitative estimate of drug-likeness (QED) is 0.718. The van der Waals surface area contributed by atoms with Crippen molar-refractivity contribution in [2.24, 2.45) is 0 Å². The fraction of sp³-hybridized carbons (Fsp3) is 0.333. The van der Waals surface area contributed by atoms with Gasteiger partial charge in [0.15, 0.2) is 0 Å². The first-order chi connectivity index (χ1) is 12.2. The molecule has 0 atom stereocenters. The van der Waals surface area contributed by atoms with Crippen LogP contribution in [0.3, 0.4) is 0 Å². The van der Waals surface area contributed by atoms with Crippen LogP contribution in [-0.2, 0) is 4.74 Å². The number of fused-ring (bicyclic) bond motifs is 1. The molecular weight excluding hydrogens is 310 g/mol. The second-order valence-corrected chi connectivity index (χ2v) is 6.81. The summed E-state index contributed by atoms with van der Waals surface area (Å²) in [7, 11) is 0. The topological polar surface area (TPSA) is 38.2 Å². The average Bonchev–Trinajstić information content (AvgIpc) is 2.68. The molecule has 1 aliphatic heterocycles. The molecule has 0 spiro atoms. The first-order valence-corrected chi connectivity index (χ1v) is 8.90. The number of morpholine rings is 1. The Morgan fingerprint density at radius 1 is 0.920 bits per heavy atom. The van der Waals surface area contributed by atoms with Crippen LogP contribution in [0.5, 0.6) is 0 Å². The van der Waals surface area contributed by atoms with Crippen molar-refractivity contribution in [2.45, 2.75) is 19.8 Å². The van der Waals surface area contributed by atoms with Gasteiger partial charge in [-0.2, -0.15) is 0 Å². The van der Waals surface area contributed by atoms with Gasteiger partial charge in [-0.05, 0) is 34.7 Å². The van der Waals surface area contributed by atoms with Crippen LogP contribution in [0.2, 0.25) is 0 Å². The highest BCUT2D eigenvalue weighted by molar-refractivity contribution is 5.82. The number of anilines is 1. The monoisotopic (exact) mass is 333 g/mol. The minimum absolute atomic E-state index is 0.549. The SMILES string of the molecule is CC(C)c1ccc(-c2ccc3ncc(N4CCOCC4)nc3c2)cc1. The molecule has 0 aliphatic carbocycles. The fourth-order valence-electron chi connectivity index (χ4n) is 3.19. The van der Waals surface area contributed by atoms with E-state index in [1.54, 1.807) is 0 Å². The predicted molar refractivity (Wildman–Crippen MR) is 102 cm³/mol. The molecule has 4 rings (SSSR count). The van der Waals surface area contributed by atoms with E-state index in [0.29, 0.717) is 5.92 Å². The van der Waals surface area contributed by atoms with Crippen LogP contribution in [0.25, 0.3) is 22.2 Å². The lowest BCUT2D eigenvalue weighted by Gasteiger charge is -2.27. The van der Waals surface area contributed by atoms with Crippen LogP contribution < -0.4 is 4.90 Å². The second-order valence-electron chi connectivity index (χ2n) is 6.81. The van der Waals surface area contributed by atoms with Crippen LogP contribution in [-0.4, -0.2) is 36.3 Å². The third kappa shape index (κ3) is 3.35. The van der Waals surface area contributed by atoms with Crippen molar-refractivity contribution in [3.05, 3.63) is 54.2 Å². The Morgan fingerprint density at radius 3 is 2.36 bits per heavy atom. The Kier molecular flexibility index (Phi) is 4.36. The number of hydrogen-bond acceptors (Lipinski definition) is 4. The van der Waals surface area contributed by atoms with E-state index in [4.69, 9.17) is 9.72 Å². The molecule has 1 saturated heterocycles. The lowest BCUT2D eigenvalue weighted by molar-refractivity contribution is 0.122. The predicted octanol–water partition coefficient (Wildman–Crippen LogP) is 4.26. The summed E-state index contributed by atoms with van der Waals surface area (Å²) in [6.45, 7) is 7.68. The summed E-state index contributed by atoms with van der Waals surface area (Å²) in [6, 6.07) is 15.1. The molecule has 0 amide bonds. The summed E-state index contributed by atoms with van der Waals surface area (Å²) in [5.74, 6) is 1.48. The summed E-state index contributed by atoms with van der Waals surface area (Å²) in [5.41, 5.74) is 5.62. The molecule has 2 heterocycles. The maximum atomic E-state index is 5.42. The second kappa shape index (κ2) is 6.81. The highest BCUT2D eigenvalue weighted by Crippen LogP contribution is 2.26. The van der Waals surface area contributed by atoms with Crippen molar-refractivity contribution in [2.75, 3.05) is 31.2 Å². The van der Waals surface area contributed by atoms with Crippen LogP contribution in [0.1, 0.15) is 25.3 Å². The van der Waals surface area contributed by atoms with E-state index >= 15 is 0 Å². The van der Waals surface area contributed by atoms with E-state index in [2.05, 4.69) is 66.2 Å². The summed E-state index contributed by atoms with van der Waals surface area (Å²) in [4.78, 5) is 11.7. The minimum Gasteiger partial charge on any atom is -0.378 e. The summed E-state index contributed by atoms with van der Waals surface area (Å²) < 4.78 is 5.42. The van der Waals surface area contributed by atoms with Gasteiger partial charge in [-0.25, -0.2) is 4.98 Å². The van der Waals surface area contributed by atoms with Crippen LogP contribution >= 0.6 is 0 Å². The molecule has 1 aliphatic rings. The van der Waals surface area contributed by atoms with E-state index in [1.165, 1.54) is 16.7 Å². The molecule has 4 nitrogen and oxygen atoms in total. The zero-order valence-electron chi connectivity index (χ0n) is 14.8. The Labute approximate surface area is 148 Å². The van der Waals surface area contributed by atoms with Crippen LogP contribution in [0.4, 0.5) is 5.82 Å². The first kappa shape index (κ1) is 16.0. The number of ether oxygens (including phenoxy) is 1. The molecule has 128 valence electrons. The van der Waals surface area contributed by atoms with E-state index in [-0.39, 0.29) is 0 Å². The van der Waals surface area contributed by atoms with Crippen molar-refractivity contribution in [3.63, 3.8) is 0 Å². The highest BCUT2D eigenvalue weighted by atomic mass is 16.5. The largest absolute Gasteiger partial charge is 0.378 e. The Bertz CT molecular complexity index is 868. The number of benzene rings is 2. The normalized spacial score (nSPS) is 15.1. The minimum atomic E-state index is 0.549. The van der Waals surface area contributed by atoms with Crippen molar-refractivity contribution < 1.29 is 4.74 Å². The first-order valence-electron chi connectivity index (χ1n) is 8.90. The van der Waals surface area contributed by atoms with Gasteiger partial charge in [0, 0.05) is 13.1 Å². The molecule has 0 saturated carbocycles. The van der Waals surface area contributed by atoms with Crippen LogP contribution in [0, 0.1) is 0 Å². The molecule has 1 fully saturated rings. The Morgan fingerprint density at radius 2 is 1.64 bits per heavy atom. The summed E-state index contributed by atoms with van der Waals surface area (Å²) in [6.07, 6.45) is 1.87. The lowest BCUT2D eigenvalue weighted by atomic mass is 9.98. The molecule has 3 aromatic rings. The third-order valence-corrected chi connectivity index (χ3v) is 4.78. The number of aromatic nitrogens is 2. The molecule has 2 aromatic carbocycles. The third-order valence-electron chi connectivity index (χ3n) is 4.78. The average molecular weight is 333 g/mol. The summed E-state index contributed by atoms with van der Waals surface area (Å²) in [5, 5.41) is 0. The van der Waals surface area contributed by atoms with Crippen molar-refractivity contribution in [3.8, 4) is 11.1 Å². The molecule has 0 N–H and O–H groups in total. The van der Waals surface area contributed by atoms with Gasteiger partial charge >= 0.3 is 0 Å². The fourth-order valence-corrected chi connectivity index (χ4v) is 3.19. The Balaban J connectivity index is 1.68. The van der Waals surface area contributed by atoms with E-state index in [1.807, 2.05) is 6.20 Å². The summed E-state index contributed by atoms with van der Waals surface area (Å²) >= 11 is 0. The number of nitrogens with zero attached hydrogens (tertiary/aromatic N) is 3. The molecule has 0 unspecified atom stereocenters. The molecule has 0 bridgehead atoms. The Hall–Kier alpha value is -2.46. The molecular formula is C21H23N3O. The molecule has 0 radical (unpaired) electrons.